The minimum atomic E-state index is -3.16. The zero-order valence-corrected chi connectivity index (χ0v) is 14.6. The molecule has 122 valence electrons. The first-order valence-electron chi connectivity index (χ1n) is 8.43. The van der Waals surface area contributed by atoms with E-state index in [1.807, 2.05) is 6.92 Å². The normalized spacial score (nSPS) is 39.6. The van der Waals surface area contributed by atoms with Crippen LogP contribution in [0.15, 0.2) is 0 Å². The second kappa shape index (κ2) is 6.01. The van der Waals surface area contributed by atoms with Crippen LogP contribution in [0.5, 0.6) is 0 Å². The standard InChI is InChI=1S/C16H28ClNO2S/c1-12(10-17)11-21(19,20)18-3-2-16-7-13-4-14(8-16)6-15(5-13)9-16/h12-15,18H,2-11H2,1H3. The Balaban J connectivity index is 1.51. The van der Waals surface area contributed by atoms with E-state index in [9.17, 15) is 8.42 Å². The van der Waals surface area contributed by atoms with Gasteiger partial charge in [-0.2, -0.15) is 0 Å². The first kappa shape index (κ1) is 16.1. The molecule has 0 aromatic carbocycles. The van der Waals surface area contributed by atoms with E-state index in [1.165, 1.54) is 38.5 Å². The Morgan fingerprint density at radius 2 is 1.67 bits per heavy atom. The van der Waals surface area contributed by atoms with E-state index in [4.69, 9.17) is 11.6 Å². The van der Waals surface area contributed by atoms with E-state index in [-0.39, 0.29) is 11.7 Å². The molecular weight excluding hydrogens is 306 g/mol. The van der Waals surface area contributed by atoms with Crippen molar-refractivity contribution in [2.45, 2.75) is 51.9 Å². The largest absolute Gasteiger partial charge is 0.215 e. The molecule has 1 unspecified atom stereocenters. The second-order valence-corrected chi connectivity index (χ2v) is 10.3. The molecule has 4 rings (SSSR count). The summed E-state index contributed by atoms with van der Waals surface area (Å²) >= 11 is 5.71. The lowest BCUT2D eigenvalue weighted by Crippen LogP contribution is -2.47. The van der Waals surface area contributed by atoms with Gasteiger partial charge in [-0.15, -0.1) is 11.6 Å². The topological polar surface area (TPSA) is 46.2 Å². The number of nitrogens with one attached hydrogen (secondary N) is 1. The van der Waals surface area contributed by atoms with Crippen LogP contribution in [0.2, 0.25) is 0 Å². The maximum Gasteiger partial charge on any atom is 0.211 e. The van der Waals surface area contributed by atoms with Gasteiger partial charge in [0.1, 0.15) is 0 Å². The summed E-state index contributed by atoms with van der Waals surface area (Å²) in [6, 6.07) is 0. The fourth-order valence-corrected chi connectivity index (χ4v) is 7.18. The van der Waals surface area contributed by atoms with Gasteiger partial charge in [0.25, 0.3) is 0 Å². The molecule has 1 atom stereocenters. The summed E-state index contributed by atoms with van der Waals surface area (Å²) in [6.07, 6.45) is 9.40. The van der Waals surface area contributed by atoms with Gasteiger partial charge in [-0.25, -0.2) is 13.1 Å². The molecule has 1 N–H and O–H groups in total. The van der Waals surface area contributed by atoms with Gasteiger partial charge in [0.15, 0.2) is 0 Å². The number of hydrogen-bond donors (Lipinski definition) is 1. The highest BCUT2D eigenvalue weighted by Crippen LogP contribution is 2.61. The van der Waals surface area contributed by atoms with Gasteiger partial charge in [-0.3, -0.25) is 0 Å². The SMILES string of the molecule is CC(CCl)CS(=O)(=O)NCCC12CC3CC(CC(C3)C1)C2. The van der Waals surface area contributed by atoms with Gasteiger partial charge < -0.3 is 0 Å². The highest BCUT2D eigenvalue weighted by Gasteiger charge is 2.50. The lowest BCUT2D eigenvalue weighted by atomic mass is 9.49. The first-order valence-corrected chi connectivity index (χ1v) is 10.6. The molecule has 4 saturated carbocycles. The van der Waals surface area contributed by atoms with Crippen LogP contribution < -0.4 is 4.72 Å². The van der Waals surface area contributed by atoms with E-state index < -0.39 is 10.0 Å². The summed E-state index contributed by atoms with van der Waals surface area (Å²) in [5, 5.41) is 0. The maximum absolute atomic E-state index is 12.0. The van der Waals surface area contributed by atoms with Crippen molar-refractivity contribution in [3.8, 4) is 0 Å². The Hall–Kier alpha value is 0.200. The molecule has 4 aliphatic carbocycles. The number of hydrogen-bond acceptors (Lipinski definition) is 2. The van der Waals surface area contributed by atoms with Gasteiger partial charge in [0, 0.05) is 12.4 Å². The molecule has 0 spiro atoms. The Morgan fingerprint density at radius 3 is 2.14 bits per heavy atom. The van der Waals surface area contributed by atoms with Gasteiger partial charge in [0.2, 0.25) is 10.0 Å². The van der Waals surface area contributed by atoms with E-state index in [2.05, 4.69) is 4.72 Å². The molecular formula is C16H28ClNO2S. The summed E-state index contributed by atoms with van der Waals surface area (Å²) in [7, 11) is -3.16. The van der Waals surface area contributed by atoms with Crippen molar-refractivity contribution < 1.29 is 8.42 Å². The second-order valence-electron chi connectivity index (χ2n) is 8.10. The fraction of sp³-hybridized carbons (Fsp3) is 1.00. The highest BCUT2D eigenvalue weighted by molar-refractivity contribution is 7.89. The molecule has 0 saturated heterocycles. The maximum atomic E-state index is 12.0. The molecule has 0 radical (unpaired) electrons. The van der Waals surface area contributed by atoms with Crippen molar-refractivity contribution in [3.05, 3.63) is 0 Å². The lowest BCUT2D eigenvalue weighted by Gasteiger charge is -2.57. The van der Waals surface area contributed by atoms with Crippen molar-refractivity contribution in [2.75, 3.05) is 18.2 Å². The van der Waals surface area contributed by atoms with E-state index in [0.717, 1.165) is 24.2 Å². The molecule has 0 amide bonds. The molecule has 4 bridgehead atoms. The number of rotatable bonds is 7. The van der Waals surface area contributed by atoms with Crippen LogP contribution >= 0.6 is 11.6 Å². The van der Waals surface area contributed by atoms with Crippen molar-refractivity contribution in [3.63, 3.8) is 0 Å². The van der Waals surface area contributed by atoms with E-state index in [0.29, 0.717) is 17.8 Å². The summed E-state index contributed by atoms with van der Waals surface area (Å²) < 4.78 is 26.8. The number of halogens is 1. The number of sulfonamides is 1. The van der Waals surface area contributed by atoms with Crippen LogP contribution in [0, 0.1) is 29.1 Å². The lowest BCUT2D eigenvalue weighted by molar-refractivity contribution is -0.0561. The first-order chi connectivity index (χ1) is 9.90. The quantitative estimate of drug-likeness (QED) is 0.726. The van der Waals surface area contributed by atoms with Gasteiger partial charge in [0.05, 0.1) is 5.75 Å². The summed E-state index contributed by atoms with van der Waals surface area (Å²) in [6.45, 7) is 2.49. The zero-order chi connectivity index (χ0) is 15.1. The van der Waals surface area contributed by atoms with Crippen LogP contribution in [0.25, 0.3) is 0 Å². The van der Waals surface area contributed by atoms with Crippen LogP contribution in [0.4, 0.5) is 0 Å². The molecule has 0 aromatic rings. The van der Waals surface area contributed by atoms with E-state index >= 15 is 0 Å². The Kier molecular flexibility index (Phi) is 4.60. The third-order valence-electron chi connectivity index (χ3n) is 5.91. The van der Waals surface area contributed by atoms with Crippen molar-refractivity contribution in [1.82, 2.24) is 4.72 Å². The summed E-state index contributed by atoms with van der Waals surface area (Å²) in [4.78, 5) is 0. The summed E-state index contributed by atoms with van der Waals surface area (Å²) in [5.41, 5.74) is 0.454. The fourth-order valence-electron chi connectivity index (χ4n) is 5.55. The smallest absolute Gasteiger partial charge is 0.211 e. The Bertz CT molecular complexity index is 441. The van der Waals surface area contributed by atoms with Crippen LogP contribution in [0.3, 0.4) is 0 Å². The molecule has 4 fully saturated rings. The van der Waals surface area contributed by atoms with Gasteiger partial charge in [-0.05, 0) is 74.0 Å². The van der Waals surface area contributed by atoms with Crippen LogP contribution in [-0.4, -0.2) is 26.6 Å². The van der Waals surface area contributed by atoms with Crippen LogP contribution in [0.1, 0.15) is 51.9 Å². The average Bonchev–Trinajstić information content (AvgIpc) is 2.35. The van der Waals surface area contributed by atoms with Crippen LogP contribution in [-0.2, 0) is 10.0 Å². The van der Waals surface area contributed by atoms with Crippen molar-refractivity contribution >= 4 is 21.6 Å². The predicted molar refractivity (Wildman–Crippen MR) is 86.9 cm³/mol. The predicted octanol–water partition coefficient (Wildman–Crippen LogP) is 3.39. The number of alkyl halides is 1. The average molecular weight is 334 g/mol. The van der Waals surface area contributed by atoms with Crippen molar-refractivity contribution in [1.29, 1.82) is 0 Å². The molecule has 0 aromatic heterocycles. The molecule has 3 nitrogen and oxygen atoms in total. The summed E-state index contributed by atoms with van der Waals surface area (Å²) in [5.74, 6) is 3.37. The van der Waals surface area contributed by atoms with Crippen molar-refractivity contribution in [2.24, 2.45) is 29.1 Å². The molecule has 4 aliphatic rings. The molecule has 5 heteroatoms. The molecule has 21 heavy (non-hydrogen) atoms. The van der Waals surface area contributed by atoms with E-state index in [1.54, 1.807) is 0 Å². The third kappa shape index (κ3) is 3.76. The minimum absolute atomic E-state index is 0.0173. The minimum Gasteiger partial charge on any atom is -0.215 e. The van der Waals surface area contributed by atoms with Gasteiger partial charge >= 0.3 is 0 Å². The molecule has 0 aliphatic heterocycles. The zero-order valence-electron chi connectivity index (χ0n) is 13.0. The molecule has 0 heterocycles. The Morgan fingerprint density at radius 1 is 1.14 bits per heavy atom. The third-order valence-corrected chi connectivity index (χ3v) is 8.09. The highest BCUT2D eigenvalue weighted by atomic mass is 35.5. The monoisotopic (exact) mass is 333 g/mol. The Labute approximate surface area is 134 Å². The van der Waals surface area contributed by atoms with Gasteiger partial charge in [-0.1, -0.05) is 6.92 Å².